The van der Waals surface area contributed by atoms with Gasteiger partial charge >= 0.3 is 0 Å². The molecule has 1 aromatic rings. The molecule has 0 amide bonds. The molecule has 0 radical (unpaired) electrons. The van der Waals surface area contributed by atoms with Crippen LogP contribution in [0, 0.1) is 0 Å². The Morgan fingerprint density at radius 2 is 1.89 bits per heavy atom. The van der Waals surface area contributed by atoms with Gasteiger partial charge in [-0.2, -0.15) is 0 Å². The maximum absolute atomic E-state index is 6.21. The smallest absolute Gasteiger partial charge is 0.0781 e. The lowest BCUT2D eigenvalue weighted by Gasteiger charge is -2.23. The number of nitrogens with one attached hydrogen (secondary N) is 1. The van der Waals surface area contributed by atoms with Crippen molar-refractivity contribution in [2.75, 3.05) is 13.7 Å². The highest BCUT2D eigenvalue weighted by molar-refractivity contribution is 6.48. The fraction of sp³-hybridized carbons (Fsp3) is 0.538. The van der Waals surface area contributed by atoms with Crippen molar-refractivity contribution in [1.29, 1.82) is 0 Å². The van der Waals surface area contributed by atoms with E-state index in [0.717, 1.165) is 12.0 Å². The van der Waals surface area contributed by atoms with Crippen molar-refractivity contribution in [1.82, 2.24) is 5.32 Å². The van der Waals surface area contributed by atoms with Crippen LogP contribution in [0.25, 0.3) is 0 Å². The average molecular weight is 311 g/mol. The van der Waals surface area contributed by atoms with Gasteiger partial charge in [0.15, 0.2) is 0 Å². The Labute approximate surface area is 124 Å². The molecule has 0 saturated carbocycles. The summed E-state index contributed by atoms with van der Waals surface area (Å²) in [6.07, 6.45) is 0.983. The molecule has 2 unspecified atom stereocenters. The molecule has 0 aliphatic carbocycles. The maximum Gasteiger partial charge on any atom is 0.0781 e. The minimum absolute atomic E-state index is 0.0902. The molecule has 0 saturated heterocycles. The summed E-state index contributed by atoms with van der Waals surface area (Å²) in [5.74, 6) is 0. The summed E-state index contributed by atoms with van der Waals surface area (Å²) in [7, 11) is 1.70. The molecule has 1 rings (SSSR count). The first-order valence-electron chi connectivity index (χ1n) is 5.89. The molecule has 1 N–H and O–H groups in total. The Hall–Kier alpha value is 0.01000. The van der Waals surface area contributed by atoms with Crippen molar-refractivity contribution in [3.8, 4) is 0 Å². The quantitative estimate of drug-likeness (QED) is 0.767. The van der Waals surface area contributed by atoms with Gasteiger partial charge in [0.1, 0.15) is 0 Å². The van der Waals surface area contributed by atoms with E-state index in [-0.39, 0.29) is 12.1 Å². The van der Waals surface area contributed by atoms with Crippen LogP contribution in [0.4, 0.5) is 0 Å². The van der Waals surface area contributed by atoms with Crippen LogP contribution in [0.5, 0.6) is 0 Å². The number of hydrogen-bond donors (Lipinski definition) is 1. The number of ether oxygens (including phenoxy) is 1. The fourth-order valence-corrected chi connectivity index (χ4v) is 2.51. The lowest BCUT2D eigenvalue weighted by Crippen LogP contribution is -2.34. The van der Waals surface area contributed by atoms with Gasteiger partial charge in [0.2, 0.25) is 0 Å². The third-order valence-electron chi connectivity index (χ3n) is 2.88. The van der Waals surface area contributed by atoms with Gasteiger partial charge < -0.3 is 10.1 Å². The standard InChI is InChI=1S/C13H18Cl3NO/c1-4-9(7-18-3)17-8(2)10-5-6-11(14)13(16)12(10)15/h5-6,8-9,17H,4,7H2,1-3H3. The van der Waals surface area contributed by atoms with Gasteiger partial charge in [0.05, 0.1) is 21.7 Å². The van der Waals surface area contributed by atoms with Crippen LogP contribution in [0.2, 0.25) is 15.1 Å². The summed E-state index contributed by atoms with van der Waals surface area (Å²) in [5.41, 5.74) is 0.945. The number of methoxy groups -OCH3 is 1. The first-order valence-corrected chi connectivity index (χ1v) is 7.03. The SMILES string of the molecule is CCC(COC)NC(C)c1ccc(Cl)c(Cl)c1Cl. The summed E-state index contributed by atoms with van der Waals surface area (Å²) in [5, 5.41) is 4.85. The van der Waals surface area contributed by atoms with E-state index in [1.807, 2.05) is 13.0 Å². The summed E-state index contributed by atoms with van der Waals surface area (Å²) in [6.45, 7) is 4.82. The Morgan fingerprint density at radius 3 is 2.44 bits per heavy atom. The van der Waals surface area contributed by atoms with Crippen molar-refractivity contribution in [3.63, 3.8) is 0 Å². The fourth-order valence-electron chi connectivity index (χ4n) is 1.80. The molecular formula is C13H18Cl3NO. The monoisotopic (exact) mass is 309 g/mol. The van der Waals surface area contributed by atoms with E-state index in [1.165, 1.54) is 0 Å². The first-order chi connectivity index (χ1) is 8.51. The predicted octanol–water partition coefficient (Wildman–Crippen LogP) is 4.72. The van der Waals surface area contributed by atoms with E-state index >= 15 is 0 Å². The predicted molar refractivity (Wildman–Crippen MR) is 79.0 cm³/mol. The maximum atomic E-state index is 6.21. The molecule has 1 aromatic carbocycles. The molecule has 0 aliphatic rings. The van der Waals surface area contributed by atoms with Crippen molar-refractivity contribution < 1.29 is 4.74 Å². The molecule has 0 bridgehead atoms. The topological polar surface area (TPSA) is 21.3 Å². The van der Waals surface area contributed by atoms with Crippen LogP contribution in [0.1, 0.15) is 31.9 Å². The third-order valence-corrected chi connectivity index (χ3v) is 4.19. The van der Waals surface area contributed by atoms with Crippen LogP contribution in [0.3, 0.4) is 0 Å². The van der Waals surface area contributed by atoms with Crippen LogP contribution >= 0.6 is 34.8 Å². The molecular weight excluding hydrogens is 293 g/mol. The summed E-state index contributed by atoms with van der Waals surface area (Å²) in [4.78, 5) is 0. The normalized spacial score (nSPS) is 14.6. The van der Waals surface area contributed by atoms with Gasteiger partial charge in [0.25, 0.3) is 0 Å². The minimum atomic E-state index is 0.0902. The molecule has 0 aromatic heterocycles. The van der Waals surface area contributed by atoms with E-state index < -0.39 is 0 Å². The lowest BCUT2D eigenvalue weighted by molar-refractivity contribution is 0.159. The van der Waals surface area contributed by atoms with Gasteiger partial charge in [-0.25, -0.2) is 0 Å². The Kier molecular flexibility index (Phi) is 6.75. The molecule has 0 spiro atoms. The minimum Gasteiger partial charge on any atom is -0.383 e. The molecule has 0 heterocycles. The number of rotatable bonds is 6. The molecule has 0 fully saturated rings. The van der Waals surface area contributed by atoms with Gasteiger partial charge in [-0.1, -0.05) is 47.8 Å². The summed E-state index contributed by atoms with van der Waals surface area (Å²) >= 11 is 18.2. The number of halogens is 3. The van der Waals surface area contributed by atoms with Gasteiger partial charge in [0, 0.05) is 19.2 Å². The highest BCUT2D eigenvalue weighted by Gasteiger charge is 2.17. The molecule has 5 heteroatoms. The Balaban J connectivity index is 2.84. The van der Waals surface area contributed by atoms with Crippen molar-refractivity contribution >= 4 is 34.8 Å². The van der Waals surface area contributed by atoms with E-state index in [1.54, 1.807) is 13.2 Å². The summed E-state index contributed by atoms with van der Waals surface area (Å²) < 4.78 is 5.16. The van der Waals surface area contributed by atoms with E-state index in [2.05, 4.69) is 12.2 Å². The van der Waals surface area contributed by atoms with E-state index in [9.17, 15) is 0 Å². The second-order valence-electron chi connectivity index (χ2n) is 4.21. The molecule has 2 atom stereocenters. The number of benzene rings is 1. The Bertz CT molecular complexity index is 398. The van der Waals surface area contributed by atoms with Crippen molar-refractivity contribution in [2.45, 2.75) is 32.4 Å². The van der Waals surface area contributed by atoms with E-state index in [4.69, 9.17) is 39.5 Å². The largest absolute Gasteiger partial charge is 0.383 e. The van der Waals surface area contributed by atoms with Gasteiger partial charge in [-0.15, -0.1) is 0 Å². The zero-order chi connectivity index (χ0) is 13.7. The molecule has 18 heavy (non-hydrogen) atoms. The third kappa shape index (κ3) is 4.01. The van der Waals surface area contributed by atoms with Crippen molar-refractivity contribution in [3.05, 3.63) is 32.8 Å². The second kappa shape index (κ2) is 7.56. The average Bonchev–Trinajstić information content (AvgIpc) is 2.35. The second-order valence-corrected chi connectivity index (χ2v) is 5.38. The van der Waals surface area contributed by atoms with Crippen molar-refractivity contribution in [2.24, 2.45) is 0 Å². The van der Waals surface area contributed by atoms with Crippen LogP contribution in [-0.2, 0) is 4.74 Å². The highest BCUT2D eigenvalue weighted by atomic mass is 35.5. The molecule has 2 nitrogen and oxygen atoms in total. The van der Waals surface area contributed by atoms with Crippen LogP contribution < -0.4 is 5.32 Å². The van der Waals surface area contributed by atoms with Crippen LogP contribution in [0.15, 0.2) is 12.1 Å². The Morgan fingerprint density at radius 1 is 1.22 bits per heavy atom. The highest BCUT2D eigenvalue weighted by Crippen LogP contribution is 2.35. The zero-order valence-corrected chi connectivity index (χ0v) is 13.0. The molecule has 0 aliphatic heterocycles. The number of hydrogen-bond acceptors (Lipinski definition) is 2. The summed E-state index contributed by atoms with van der Waals surface area (Å²) in [6, 6.07) is 4.04. The zero-order valence-electron chi connectivity index (χ0n) is 10.8. The first kappa shape index (κ1) is 16.1. The lowest BCUT2D eigenvalue weighted by atomic mass is 10.1. The molecule has 102 valence electrons. The van der Waals surface area contributed by atoms with Crippen LogP contribution in [-0.4, -0.2) is 19.8 Å². The van der Waals surface area contributed by atoms with Gasteiger partial charge in [-0.3, -0.25) is 0 Å². The van der Waals surface area contributed by atoms with Gasteiger partial charge in [-0.05, 0) is 25.0 Å². The van der Waals surface area contributed by atoms with E-state index in [0.29, 0.717) is 21.7 Å².